The minimum atomic E-state index is -0.159. The van der Waals surface area contributed by atoms with Gasteiger partial charge in [0.05, 0.1) is 11.9 Å². The lowest BCUT2D eigenvalue weighted by atomic mass is 10.2. The highest BCUT2D eigenvalue weighted by Crippen LogP contribution is 2.32. The van der Waals surface area contributed by atoms with E-state index in [1.54, 1.807) is 29.0 Å². The van der Waals surface area contributed by atoms with Gasteiger partial charge in [0.25, 0.3) is 0 Å². The molecule has 1 N–H and O–H groups in total. The Bertz CT molecular complexity index is 683. The van der Waals surface area contributed by atoms with Crippen molar-refractivity contribution in [3.8, 4) is 11.5 Å². The largest absolute Gasteiger partial charge is 0.454 e. The molecule has 1 aliphatic rings. The van der Waals surface area contributed by atoms with Gasteiger partial charge >= 0.3 is 6.03 Å². The van der Waals surface area contributed by atoms with Gasteiger partial charge in [-0.15, -0.1) is 0 Å². The number of urea groups is 1. The molecule has 1 aliphatic heterocycles. The van der Waals surface area contributed by atoms with Crippen molar-refractivity contribution in [1.29, 1.82) is 0 Å². The Balaban J connectivity index is 1.67. The van der Waals surface area contributed by atoms with Crippen molar-refractivity contribution < 1.29 is 14.3 Å². The first-order valence-electron chi connectivity index (χ1n) is 7.09. The second-order valence-electron chi connectivity index (χ2n) is 5.03. The lowest BCUT2D eigenvalue weighted by molar-refractivity contribution is 0.174. The van der Waals surface area contributed by atoms with Crippen LogP contribution in [0.4, 0.5) is 10.5 Å². The van der Waals surface area contributed by atoms with E-state index in [9.17, 15) is 4.79 Å². The summed E-state index contributed by atoms with van der Waals surface area (Å²) in [4.78, 5) is 14.0. The molecule has 1 aromatic carbocycles. The van der Waals surface area contributed by atoms with Crippen molar-refractivity contribution in [2.75, 3.05) is 18.7 Å². The number of benzene rings is 1. The maximum absolute atomic E-state index is 12.3. The number of rotatable bonds is 4. The van der Waals surface area contributed by atoms with Gasteiger partial charge in [-0.05, 0) is 24.6 Å². The summed E-state index contributed by atoms with van der Waals surface area (Å²) in [5, 5.41) is 6.87. The SMILES string of the molecule is CCN(Cc1ccc2c(c1)OCO2)C(=O)Nc1cnn(C)c1. The Kier molecular flexibility index (Phi) is 3.86. The van der Waals surface area contributed by atoms with E-state index in [2.05, 4.69) is 10.4 Å². The summed E-state index contributed by atoms with van der Waals surface area (Å²) in [6.07, 6.45) is 3.37. The minimum absolute atomic E-state index is 0.159. The lowest BCUT2D eigenvalue weighted by Gasteiger charge is -2.21. The molecule has 0 saturated heterocycles. The van der Waals surface area contributed by atoms with Crippen LogP contribution < -0.4 is 14.8 Å². The van der Waals surface area contributed by atoms with Crippen LogP contribution in [0, 0.1) is 0 Å². The molecule has 2 amide bonds. The van der Waals surface area contributed by atoms with Gasteiger partial charge in [0.1, 0.15) is 0 Å². The van der Waals surface area contributed by atoms with Crippen molar-refractivity contribution in [3.05, 3.63) is 36.2 Å². The third-order valence-corrected chi connectivity index (χ3v) is 3.44. The fourth-order valence-corrected chi connectivity index (χ4v) is 2.28. The van der Waals surface area contributed by atoms with E-state index in [0.29, 0.717) is 18.8 Å². The summed E-state index contributed by atoms with van der Waals surface area (Å²) in [7, 11) is 1.81. The van der Waals surface area contributed by atoms with Gasteiger partial charge in [-0.1, -0.05) is 6.07 Å². The molecular formula is C15H18N4O3. The number of amides is 2. The summed E-state index contributed by atoms with van der Waals surface area (Å²) < 4.78 is 12.3. The monoisotopic (exact) mass is 302 g/mol. The number of carbonyl (C=O) groups is 1. The third-order valence-electron chi connectivity index (χ3n) is 3.44. The van der Waals surface area contributed by atoms with Gasteiger partial charge in [0.15, 0.2) is 11.5 Å². The maximum atomic E-state index is 12.3. The Hall–Kier alpha value is -2.70. The second kappa shape index (κ2) is 5.97. The fourth-order valence-electron chi connectivity index (χ4n) is 2.28. The average Bonchev–Trinajstić information content (AvgIpc) is 3.12. The van der Waals surface area contributed by atoms with E-state index in [1.807, 2.05) is 25.1 Å². The zero-order valence-electron chi connectivity index (χ0n) is 12.6. The fraction of sp³-hybridized carbons (Fsp3) is 0.333. The predicted molar refractivity (Wildman–Crippen MR) is 80.9 cm³/mol. The molecule has 22 heavy (non-hydrogen) atoms. The summed E-state index contributed by atoms with van der Waals surface area (Å²) in [6.45, 7) is 3.29. The van der Waals surface area contributed by atoms with Crippen molar-refractivity contribution in [2.24, 2.45) is 7.05 Å². The molecule has 0 spiro atoms. The third kappa shape index (κ3) is 2.98. The predicted octanol–water partition coefficient (Wildman–Crippen LogP) is 2.20. The van der Waals surface area contributed by atoms with Crippen molar-refractivity contribution in [3.63, 3.8) is 0 Å². The van der Waals surface area contributed by atoms with Gasteiger partial charge in [0, 0.05) is 26.3 Å². The van der Waals surface area contributed by atoms with Gasteiger partial charge in [-0.25, -0.2) is 4.79 Å². The number of aryl methyl sites for hydroxylation is 1. The van der Waals surface area contributed by atoms with Gasteiger partial charge in [0.2, 0.25) is 6.79 Å². The molecule has 7 heteroatoms. The Morgan fingerprint density at radius 1 is 1.41 bits per heavy atom. The van der Waals surface area contributed by atoms with E-state index in [0.717, 1.165) is 17.1 Å². The van der Waals surface area contributed by atoms with E-state index in [-0.39, 0.29) is 12.8 Å². The molecule has 0 aliphatic carbocycles. The smallest absolute Gasteiger partial charge is 0.322 e. The molecule has 0 atom stereocenters. The highest BCUT2D eigenvalue weighted by molar-refractivity contribution is 5.88. The summed E-state index contributed by atoms with van der Waals surface area (Å²) in [6, 6.07) is 5.55. The van der Waals surface area contributed by atoms with Crippen LogP contribution in [0.1, 0.15) is 12.5 Å². The number of fused-ring (bicyclic) bond motifs is 1. The maximum Gasteiger partial charge on any atom is 0.322 e. The first kappa shape index (κ1) is 14.2. The van der Waals surface area contributed by atoms with Crippen LogP contribution in [-0.4, -0.2) is 34.0 Å². The topological polar surface area (TPSA) is 68.6 Å². The second-order valence-corrected chi connectivity index (χ2v) is 5.03. The standard InChI is InChI=1S/C15H18N4O3/c1-3-19(15(20)17-12-7-16-18(2)9-12)8-11-4-5-13-14(6-11)22-10-21-13/h4-7,9H,3,8,10H2,1-2H3,(H,17,20). The number of nitrogens with zero attached hydrogens (tertiary/aromatic N) is 3. The normalized spacial score (nSPS) is 12.3. The molecule has 1 aromatic heterocycles. The van der Waals surface area contributed by atoms with Crippen LogP contribution in [0.25, 0.3) is 0 Å². The highest BCUT2D eigenvalue weighted by atomic mass is 16.7. The summed E-state index contributed by atoms with van der Waals surface area (Å²) >= 11 is 0. The average molecular weight is 302 g/mol. The molecule has 2 aromatic rings. The summed E-state index contributed by atoms with van der Waals surface area (Å²) in [5.41, 5.74) is 1.67. The van der Waals surface area contributed by atoms with Crippen LogP contribution >= 0.6 is 0 Å². The van der Waals surface area contributed by atoms with E-state index in [4.69, 9.17) is 9.47 Å². The van der Waals surface area contributed by atoms with Crippen LogP contribution in [0.15, 0.2) is 30.6 Å². The van der Waals surface area contributed by atoms with Crippen molar-refractivity contribution in [1.82, 2.24) is 14.7 Å². The first-order chi connectivity index (χ1) is 10.7. The molecule has 0 radical (unpaired) electrons. The van der Waals surface area contributed by atoms with Crippen molar-refractivity contribution >= 4 is 11.7 Å². The Morgan fingerprint density at radius 3 is 2.95 bits per heavy atom. The number of ether oxygens (including phenoxy) is 2. The highest BCUT2D eigenvalue weighted by Gasteiger charge is 2.17. The molecule has 0 bridgehead atoms. The van der Waals surface area contributed by atoms with Crippen LogP contribution in [-0.2, 0) is 13.6 Å². The van der Waals surface area contributed by atoms with E-state index >= 15 is 0 Å². The van der Waals surface area contributed by atoms with Gasteiger partial charge in [-0.3, -0.25) is 4.68 Å². The number of hydrogen-bond donors (Lipinski definition) is 1. The van der Waals surface area contributed by atoms with Crippen LogP contribution in [0.3, 0.4) is 0 Å². The van der Waals surface area contributed by atoms with Gasteiger partial charge < -0.3 is 19.7 Å². The minimum Gasteiger partial charge on any atom is -0.454 e. The zero-order valence-corrected chi connectivity index (χ0v) is 12.6. The molecule has 0 unspecified atom stereocenters. The molecule has 2 heterocycles. The lowest BCUT2D eigenvalue weighted by Crippen LogP contribution is -2.34. The number of carbonyl (C=O) groups excluding carboxylic acids is 1. The number of hydrogen-bond acceptors (Lipinski definition) is 4. The van der Waals surface area contributed by atoms with E-state index in [1.165, 1.54) is 0 Å². The zero-order chi connectivity index (χ0) is 15.5. The number of aromatic nitrogens is 2. The number of anilines is 1. The Labute approximate surface area is 128 Å². The number of nitrogens with one attached hydrogen (secondary N) is 1. The molecule has 7 nitrogen and oxygen atoms in total. The Morgan fingerprint density at radius 2 is 2.23 bits per heavy atom. The molecular weight excluding hydrogens is 284 g/mol. The first-order valence-corrected chi connectivity index (χ1v) is 7.09. The van der Waals surface area contributed by atoms with Gasteiger partial charge in [-0.2, -0.15) is 5.10 Å². The molecule has 116 valence electrons. The van der Waals surface area contributed by atoms with Crippen molar-refractivity contribution in [2.45, 2.75) is 13.5 Å². The molecule has 0 fully saturated rings. The van der Waals surface area contributed by atoms with Crippen LogP contribution in [0.2, 0.25) is 0 Å². The van der Waals surface area contributed by atoms with Crippen LogP contribution in [0.5, 0.6) is 11.5 Å². The quantitative estimate of drug-likeness (QED) is 0.940. The molecule has 3 rings (SSSR count). The molecule has 0 saturated carbocycles. The van der Waals surface area contributed by atoms with E-state index < -0.39 is 0 Å². The summed E-state index contributed by atoms with van der Waals surface area (Å²) in [5.74, 6) is 1.47.